The molecule has 1 aliphatic rings. The van der Waals surface area contributed by atoms with Gasteiger partial charge in [0.2, 0.25) is 0 Å². The minimum atomic E-state index is -0.766. The maximum absolute atomic E-state index is 14.4. The van der Waals surface area contributed by atoms with E-state index in [0.29, 0.717) is 25.2 Å². The summed E-state index contributed by atoms with van der Waals surface area (Å²) in [6.45, 7) is 6.65. The molecule has 1 aliphatic heterocycles. The predicted octanol–water partition coefficient (Wildman–Crippen LogP) is 3.55. The van der Waals surface area contributed by atoms with E-state index in [1.807, 2.05) is 26.8 Å². The second kappa shape index (κ2) is 8.62. The summed E-state index contributed by atoms with van der Waals surface area (Å²) in [6.07, 6.45) is 1.07. The number of hydrogen-bond donors (Lipinski definition) is 0. The Labute approximate surface area is 174 Å². The van der Waals surface area contributed by atoms with Crippen molar-refractivity contribution in [2.24, 2.45) is 0 Å². The predicted molar refractivity (Wildman–Crippen MR) is 109 cm³/mol. The molecule has 0 saturated carbocycles. The molecule has 1 heterocycles. The van der Waals surface area contributed by atoms with E-state index in [0.717, 1.165) is 35.1 Å². The SMILES string of the molecule is Cc1cc(C)c(C(=O)N2CCN(c3cc(F)c(C#N)cc3F)C[C@@H]2C)cc1CC=O. The molecular formula is C23H23F2N3O2. The molecule has 2 aromatic carbocycles. The highest BCUT2D eigenvalue weighted by Gasteiger charge is 2.30. The van der Waals surface area contributed by atoms with E-state index in [9.17, 15) is 18.4 Å². The van der Waals surface area contributed by atoms with Gasteiger partial charge >= 0.3 is 0 Å². The van der Waals surface area contributed by atoms with E-state index >= 15 is 0 Å². The number of halogens is 2. The summed E-state index contributed by atoms with van der Waals surface area (Å²) in [6, 6.07) is 7.01. The molecule has 0 aromatic heterocycles. The van der Waals surface area contributed by atoms with E-state index in [4.69, 9.17) is 5.26 Å². The van der Waals surface area contributed by atoms with Crippen LogP contribution in [0.15, 0.2) is 24.3 Å². The molecule has 0 N–H and O–H groups in total. The molecule has 7 heteroatoms. The molecule has 1 atom stereocenters. The van der Waals surface area contributed by atoms with Gasteiger partial charge in [0.15, 0.2) is 0 Å². The third-order valence-electron chi connectivity index (χ3n) is 5.60. The van der Waals surface area contributed by atoms with Crippen LogP contribution in [0.2, 0.25) is 0 Å². The zero-order chi connectivity index (χ0) is 22.0. The maximum Gasteiger partial charge on any atom is 0.254 e. The molecule has 3 rings (SSSR count). The van der Waals surface area contributed by atoms with Crippen molar-refractivity contribution >= 4 is 17.9 Å². The van der Waals surface area contributed by atoms with Gasteiger partial charge in [0.1, 0.15) is 24.0 Å². The van der Waals surface area contributed by atoms with Crippen molar-refractivity contribution in [2.45, 2.75) is 33.2 Å². The van der Waals surface area contributed by atoms with Gasteiger partial charge in [0.05, 0.1) is 11.3 Å². The molecule has 0 spiro atoms. The Hall–Kier alpha value is -3.27. The Balaban J connectivity index is 1.82. The second-order valence-electron chi connectivity index (χ2n) is 7.65. The number of aldehydes is 1. The molecule has 30 heavy (non-hydrogen) atoms. The van der Waals surface area contributed by atoms with Gasteiger partial charge < -0.3 is 14.6 Å². The van der Waals surface area contributed by atoms with Crippen molar-refractivity contribution in [3.05, 3.63) is 63.7 Å². The fraction of sp³-hybridized carbons (Fsp3) is 0.348. The Morgan fingerprint density at radius 3 is 2.53 bits per heavy atom. The fourth-order valence-corrected chi connectivity index (χ4v) is 3.93. The van der Waals surface area contributed by atoms with Gasteiger partial charge in [-0.2, -0.15) is 5.26 Å². The van der Waals surface area contributed by atoms with Gasteiger partial charge in [-0.25, -0.2) is 8.78 Å². The molecule has 1 fully saturated rings. The number of nitrogens with zero attached hydrogens (tertiary/aromatic N) is 3. The number of aryl methyl sites for hydroxylation is 2. The zero-order valence-electron chi connectivity index (χ0n) is 17.2. The molecule has 0 radical (unpaired) electrons. The van der Waals surface area contributed by atoms with E-state index in [2.05, 4.69) is 0 Å². The average molecular weight is 411 g/mol. The van der Waals surface area contributed by atoms with Crippen LogP contribution in [-0.2, 0) is 11.2 Å². The Morgan fingerprint density at radius 1 is 1.17 bits per heavy atom. The van der Waals surface area contributed by atoms with Gasteiger partial charge in [-0.1, -0.05) is 6.07 Å². The van der Waals surface area contributed by atoms with Crippen LogP contribution in [0.25, 0.3) is 0 Å². The lowest BCUT2D eigenvalue weighted by atomic mass is 9.97. The summed E-state index contributed by atoms with van der Waals surface area (Å²) in [5, 5.41) is 8.85. The molecule has 0 aliphatic carbocycles. The van der Waals surface area contributed by atoms with Crippen molar-refractivity contribution in [1.82, 2.24) is 4.90 Å². The van der Waals surface area contributed by atoms with Gasteiger partial charge in [-0.15, -0.1) is 0 Å². The first-order valence-electron chi connectivity index (χ1n) is 9.75. The van der Waals surface area contributed by atoms with Crippen molar-refractivity contribution in [2.75, 3.05) is 24.5 Å². The first-order chi connectivity index (χ1) is 14.3. The molecule has 1 saturated heterocycles. The fourth-order valence-electron chi connectivity index (χ4n) is 3.93. The van der Waals surface area contributed by atoms with Crippen molar-refractivity contribution < 1.29 is 18.4 Å². The number of nitriles is 1. The van der Waals surface area contributed by atoms with Gasteiger partial charge in [-0.05, 0) is 49.6 Å². The highest BCUT2D eigenvalue weighted by molar-refractivity contribution is 5.96. The van der Waals surface area contributed by atoms with Crippen LogP contribution >= 0.6 is 0 Å². The van der Waals surface area contributed by atoms with Crippen molar-refractivity contribution in [1.29, 1.82) is 5.26 Å². The van der Waals surface area contributed by atoms with Crippen LogP contribution < -0.4 is 4.90 Å². The van der Waals surface area contributed by atoms with Crippen LogP contribution in [0.1, 0.15) is 39.5 Å². The van der Waals surface area contributed by atoms with Crippen LogP contribution in [0.5, 0.6) is 0 Å². The monoisotopic (exact) mass is 411 g/mol. The van der Waals surface area contributed by atoms with E-state index in [-0.39, 0.29) is 29.6 Å². The molecular weight excluding hydrogens is 388 g/mol. The highest BCUT2D eigenvalue weighted by atomic mass is 19.1. The highest BCUT2D eigenvalue weighted by Crippen LogP contribution is 2.27. The van der Waals surface area contributed by atoms with Crippen LogP contribution in [0.3, 0.4) is 0 Å². The quantitative estimate of drug-likeness (QED) is 0.722. The van der Waals surface area contributed by atoms with Gasteiger partial charge in [0, 0.05) is 43.7 Å². The molecule has 0 unspecified atom stereocenters. The normalized spacial score (nSPS) is 16.3. The van der Waals surface area contributed by atoms with Gasteiger partial charge in [0.25, 0.3) is 5.91 Å². The number of carbonyl (C=O) groups excluding carboxylic acids is 2. The molecule has 1 amide bonds. The number of rotatable bonds is 4. The standard InChI is InChI=1S/C23H23F2N3O2/c1-14-8-15(2)19(9-17(14)4-7-29)23(30)28-6-5-27(13-16(28)3)22-11-20(24)18(12-26)10-21(22)25/h7-11,16H,4-6,13H2,1-3H3/t16-/m0/s1. The Bertz CT molecular complexity index is 1050. The van der Waals surface area contributed by atoms with Gasteiger partial charge in [-0.3, -0.25) is 4.79 Å². The first kappa shape index (κ1) is 21.4. The van der Waals surface area contributed by atoms with E-state index in [1.54, 1.807) is 21.9 Å². The summed E-state index contributed by atoms with van der Waals surface area (Å²) in [4.78, 5) is 27.5. The lowest BCUT2D eigenvalue weighted by Crippen LogP contribution is -2.54. The van der Waals surface area contributed by atoms with Crippen molar-refractivity contribution in [3.8, 4) is 6.07 Å². The first-order valence-corrected chi connectivity index (χ1v) is 9.75. The van der Waals surface area contributed by atoms with Crippen molar-refractivity contribution in [3.63, 3.8) is 0 Å². The summed E-state index contributed by atoms with van der Waals surface area (Å²) in [7, 11) is 0. The minimum Gasteiger partial charge on any atom is -0.365 e. The Morgan fingerprint density at radius 2 is 1.90 bits per heavy atom. The summed E-state index contributed by atoms with van der Waals surface area (Å²) in [5.41, 5.74) is 2.92. The second-order valence-corrected chi connectivity index (χ2v) is 7.65. The lowest BCUT2D eigenvalue weighted by Gasteiger charge is -2.41. The molecule has 0 bridgehead atoms. The number of anilines is 1. The number of hydrogen-bond acceptors (Lipinski definition) is 4. The minimum absolute atomic E-state index is 0.0882. The number of piperazine rings is 1. The summed E-state index contributed by atoms with van der Waals surface area (Å²) >= 11 is 0. The topological polar surface area (TPSA) is 64.4 Å². The largest absolute Gasteiger partial charge is 0.365 e. The van der Waals surface area contributed by atoms with E-state index < -0.39 is 11.6 Å². The Kier molecular flexibility index (Phi) is 6.16. The third kappa shape index (κ3) is 4.04. The van der Waals surface area contributed by atoms with Crippen LogP contribution in [0, 0.1) is 36.8 Å². The van der Waals surface area contributed by atoms with Crippen LogP contribution in [0.4, 0.5) is 14.5 Å². The molecule has 5 nitrogen and oxygen atoms in total. The lowest BCUT2D eigenvalue weighted by molar-refractivity contribution is -0.107. The average Bonchev–Trinajstić information content (AvgIpc) is 2.71. The summed E-state index contributed by atoms with van der Waals surface area (Å²) in [5.74, 6) is -1.57. The molecule has 156 valence electrons. The smallest absolute Gasteiger partial charge is 0.254 e. The number of amides is 1. The third-order valence-corrected chi connectivity index (χ3v) is 5.60. The molecule has 2 aromatic rings. The van der Waals surface area contributed by atoms with Crippen LogP contribution in [-0.4, -0.2) is 42.8 Å². The number of carbonyl (C=O) groups is 2. The zero-order valence-corrected chi connectivity index (χ0v) is 17.2. The maximum atomic E-state index is 14.4. The van der Waals surface area contributed by atoms with E-state index in [1.165, 1.54) is 0 Å². The summed E-state index contributed by atoms with van der Waals surface area (Å²) < 4.78 is 28.4. The number of benzene rings is 2.